The summed E-state index contributed by atoms with van der Waals surface area (Å²) >= 11 is 0. The molecule has 0 bridgehead atoms. The summed E-state index contributed by atoms with van der Waals surface area (Å²) in [6.07, 6.45) is 4.89. The summed E-state index contributed by atoms with van der Waals surface area (Å²) in [4.78, 5) is 11.8. The largest absolute Gasteiger partial charge is 0.444 e. The Balaban J connectivity index is 1.86. The number of carbonyl (C=O) groups excluding carboxylic acids is 1. The highest BCUT2D eigenvalue weighted by atomic mass is 16.6. The molecule has 2 rings (SSSR count). The van der Waals surface area contributed by atoms with Gasteiger partial charge in [0.15, 0.2) is 0 Å². The first-order valence-corrected chi connectivity index (χ1v) is 7.90. The zero-order valence-corrected chi connectivity index (χ0v) is 14.2. The standard InChI is InChI=1S/C16H28N4O2/c1-15(2,3)22-14(21)19-13-11(10-18-20-13)9-17-12-6-7-16(4,5)8-12/h10,12,17H,6-9H2,1-5H3,(H2,18,19,20,21). The van der Waals surface area contributed by atoms with Crippen LogP contribution in [0.1, 0.15) is 59.4 Å². The highest BCUT2D eigenvalue weighted by Crippen LogP contribution is 2.37. The van der Waals surface area contributed by atoms with Gasteiger partial charge in [0.1, 0.15) is 11.4 Å². The molecule has 0 aromatic carbocycles. The molecule has 1 aromatic heterocycles. The molecule has 1 amide bonds. The van der Waals surface area contributed by atoms with E-state index in [0.29, 0.717) is 23.8 Å². The van der Waals surface area contributed by atoms with Crippen molar-refractivity contribution in [2.75, 3.05) is 5.32 Å². The van der Waals surface area contributed by atoms with E-state index in [1.54, 1.807) is 6.20 Å². The number of aromatic amines is 1. The van der Waals surface area contributed by atoms with Gasteiger partial charge in [-0.3, -0.25) is 10.4 Å². The van der Waals surface area contributed by atoms with Crippen molar-refractivity contribution in [3.8, 4) is 0 Å². The van der Waals surface area contributed by atoms with Gasteiger partial charge in [0.25, 0.3) is 0 Å². The van der Waals surface area contributed by atoms with Crippen molar-refractivity contribution in [3.63, 3.8) is 0 Å². The van der Waals surface area contributed by atoms with Crippen LogP contribution in [-0.2, 0) is 11.3 Å². The lowest BCUT2D eigenvalue weighted by Gasteiger charge is -2.20. The third-order valence-electron chi connectivity index (χ3n) is 3.89. The van der Waals surface area contributed by atoms with Crippen molar-refractivity contribution >= 4 is 11.9 Å². The van der Waals surface area contributed by atoms with Gasteiger partial charge < -0.3 is 10.1 Å². The van der Waals surface area contributed by atoms with E-state index in [0.717, 1.165) is 5.56 Å². The fourth-order valence-corrected chi connectivity index (χ4v) is 2.82. The molecule has 22 heavy (non-hydrogen) atoms. The first-order chi connectivity index (χ1) is 10.1. The topological polar surface area (TPSA) is 79.0 Å². The molecule has 1 heterocycles. The maximum Gasteiger partial charge on any atom is 0.413 e. The van der Waals surface area contributed by atoms with Gasteiger partial charge in [-0.25, -0.2) is 4.79 Å². The smallest absolute Gasteiger partial charge is 0.413 e. The molecule has 1 unspecified atom stereocenters. The SMILES string of the molecule is CC1(C)CCC(NCc2cn[nH]c2NC(=O)OC(C)(C)C)C1. The van der Waals surface area contributed by atoms with Crippen LogP contribution in [0.4, 0.5) is 10.6 Å². The molecular weight excluding hydrogens is 280 g/mol. The molecule has 0 aliphatic heterocycles. The quantitative estimate of drug-likeness (QED) is 0.796. The average Bonchev–Trinajstić information content (AvgIpc) is 2.90. The molecule has 6 nitrogen and oxygen atoms in total. The molecule has 3 N–H and O–H groups in total. The van der Waals surface area contributed by atoms with Crippen molar-refractivity contribution in [2.24, 2.45) is 5.41 Å². The molecule has 1 aliphatic carbocycles. The monoisotopic (exact) mass is 308 g/mol. The van der Waals surface area contributed by atoms with E-state index < -0.39 is 11.7 Å². The Kier molecular flexibility index (Phi) is 4.80. The number of nitrogens with zero attached hydrogens (tertiary/aromatic N) is 1. The molecule has 1 fully saturated rings. The van der Waals surface area contributed by atoms with Gasteiger partial charge in [-0.05, 0) is 45.4 Å². The second kappa shape index (κ2) is 6.28. The number of rotatable bonds is 4. The van der Waals surface area contributed by atoms with E-state index in [9.17, 15) is 4.79 Å². The predicted molar refractivity (Wildman–Crippen MR) is 86.7 cm³/mol. The fraction of sp³-hybridized carbons (Fsp3) is 0.750. The molecule has 6 heteroatoms. The van der Waals surface area contributed by atoms with Crippen molar-refractivity contribution in [2.45, 2.75) is 72.1 Å². The van der Waals surface area contributed by atoms with Gasteiger partial charge in [0.2, 0.25) is 0 Å². The highest BCUT2D eigenvalue weighted by Gasteiger charge is 2.30. The minimum atomic E-state index is -0.516. The number of amides is 1. The highest BCUT2D eigenvalue weighted by molar-refractivity contribution is 5.84. The van der Waals surface area contributed by atoms with Gasteiger partial charge in [0, 0.05) is 18.2 Å². The number of hydrogen-bond acceptors (Lipinski definition) is 4. The van der Waals surface area contributed by atoms with E-state index in [2.05, 4.69) is 34.7 Å². The van der Waals surface area contributed by atoms with Crippen molar-refractivity contribution in [3.05, 3.63) is 11.8 Å². The Morgan fingerprint density at radius 1 is 1.50 bits per heavy atom. The Hall–Kier alpha value is -1.56. The van der Waals surface area contributed by atoms with Gasteiger partial charge in [-0.1, -0.05) is 13.8 Å². The number of carbonyl (C=O) groups is 1. The number of anilines is 1. The third kappa shape index (κ3) is 5.02. The lowest BCUT2D eigenvalue weighted by atomic mass is 9.92. The van der Waals surface area contributed by atoms with Crippen LogP contribution in [0.2, 0.25) is 0 Å². The second-order valence-corrected chi connectivity index (χ2v) is 7.88. The van der Waals surface area contributed by atoms with E-state index in [-0.39, 0.29) is 0 Å². The van der Waals surface area contributed by atoms with Crippen LogP contribution < -0.4 is 10.6 Å². The fourth-order valence-electron chi connectivity index (χ4n) is 2.82. The number of ether oxygens (including phenoxy) is 1. The van der Waals surface area contributed by atoms with Crippen molar-refractivity contribution in [1.82, 2.24) is 15.5 Å². The summed E-state index contributed by atoms with van der Waals surface area (Å²) in [5, 5.41) is 13.1. The summed E-state index contributed by atoms with van der Waals surface area (Å²) in [5.74, 6) is 0.596. The van der Waals surface area contributed by atoms with Gasteiger partial charge in [-0.2, -0.15) is 5.10 Å². The van der Waals surface area contributed by atoms with E-state index >= 15 is 0 Å². The summed E-state index contributed by atoms with van der Waals surface area (Å²) in [5.41, 5.74) is 0.847. The summed E-state index contributed by atoms with van der Waals surface area (Å²) < 4.78 is 5.25. The predicted octanol–water partition coefficient (Wildman–Crippen LogP) is 3.43. The van der Waals surface area contributed by atoms with Crippen LogP contribution >= 0.6 is 0 Å². The number of hydrogen-bond donors (Lipinski definition) is 3. The first-order valence-electron chi connectivity index (χ1n) is 7.90. The lowest BCUT2D eigenvalue weighted by Crippen LogP contribution is -2.29. The van der Waals surface area contributed by atoms with E-state index in [4.69, 9.17) is 4.74 Å². The lowest BCUT2D eigenvalue weighted by molar-refractivity contribution is 0.0635. The Morgan fingerprint density at radius 2 is 2.23 bits per heavy atom. The Bertz CT molecular complexity index is 516. The number of aromatic nitrogens is 2. The molecule has 1 aromatic rings. The first kappa shape index (κ1) is 16.8. The normalized spacial score (nSPS) is 20.9. The zero-order valence-electron chi connectivity index (χ0n) is 14.2. The van der Waals surface area contributed by atoms with Gasteiger partial charge in [-0.15, -0.1) is 0 Å². The molecule has 1 atom stereocenters. The van der Waals surface area contributed by atoms with Crippen LogP contribution in [0.15, 0.2) is 6.20 Å². The summed E-state index contributed by atoms with van der Waals surface area (Å²) in [7, 11) is 0. The molecule has 124 valence electrons. The Morgan fingerprint density at radius 3 is 2.82 bits per heavy atom. The summed E-state index contributed by atoms with van der Waals surface area (Å²) in [6.45, 7) is 10.8. The van der Waals surface area contributed by atoms with Crippen LogP contribution in [0.3, 0.4) is 0 Å². The van der Waals surface area contributed by atoms with Crippen molar-refractivity contribution in [1.29, 1.82) is 0 Å². The van der Waals surface area contributed by atoms with Gasteiger partial charge in [0.05, 0.1) is 6.20 Å². The second-order valence-electron chi connectivity index (χ2n) is 7.88. The molecule has 0 radical (unpaired) electrons. The molecule has 0 saturated heterocycles. The third-order valence-corrected chi connectivity index (χ3v) is 3.89. The Labute approximate surface area is 132 Å². The van der Waals surface area contributed by atoms with Crippen LogP contribution in [0.25, 0.3) is 0 Å². The van der Waals surface area contributed by atoms with Crippen LogP contribution in [0.5, 0.6) is 0 Å². The van der Waals surface area contributed by atoms with Crippen LogP contribution in [0, 0.1) is 5.41 Å². The zero-order chi connectivity index (χ0) is 16.4. The van der Waals surface area contributed by atoms with E-state index in [1.165, 1.54) is 19.3 Å². The minimum absolute atomic E-state index is 0.422. The van der Waals surface area contributed by atoms with Crippen LogP contribution in [-0.4, -0.2) is 27.9 Å². The number of H-pyrrole nitrogens is 1. The molecule has 0 spiro atoms. The summed E-state index contributed by atoms with van der Waals surface area (Å²) in [6, 6.07) is 0.527. The number of nitrogens with one attached hydrogen (secondary N) is 3. The van der Waals surface area contributed by atoms with E-state index in [1.807, 2.05) is 20.8 Å². The van der Waals surface area contributed by atoms with Gasteiger partial charge >= 0.3 is 6.09 Å². The maximum absolute atomic E-state index is 11.8. The molecular formula is C16H28N4O2. The minimum Gasteiger partial charge on any atom is -0.444 e. The average molecular weight is 308 g/mol. The molecule has 1 saturated carbocycles. The maximum atomic E-state index is 11.8. The molecule has 1 aliphatic rings. The van der Waals surface area contributed by atoms with Crippen molar-refractivity contribution < 1.29 is 9.53 Å².